The molecule has 212 valence electrons. The molecular formula is C29H44N2O7. The molecule has 0 aliphatic carbocycles. The van der Waals surface area contributed by atoms with Crippen LogP contribution in [0.4, 0.5) is 4.79 Å². The van der Waals surface area contributed by atoms with E-state index in [0.29, 0.717) is 45.6 Å². The fourth-order valence-corrected chi connectivity index (χ4v) is 4.27. The van der Waals surface area contributed by atoms with Crippen LogP contribution in [0.25, 0.3) is 0 Å². The summed E-state index contributed by atoms with van der Waals surface area (Å²) < 4.78 is 16.5. The number of amides is 2. The topological polar surface area (TPSA) is 114 Å². The smallest absolute Gasteiger partial charge is 0.410 e. The fourth-order valence-electron chi connectivity index (χ4n) is 4.27. The number of allylic oxidation sites excluding steroid dienone is 1. The van der Waals surface area contributed by atoms with Gasteiger partial charge in [0.1, 0.15) is 5.75 Å². The zero-order valence-electron chi connectivity index (χ0n) is 23.3. The summed E-state index contributed by atoms with van der Waals surface area (Å²) in [5, 5.41) is 11.9. The van der Waals surface area contributed by atoms with Crippen LogP contribution in [0.15, 0.2) is 23.9 Å². The number of benzene rings is 1. The van der Waals surface area contributed by atoms with Crippen molar-refractivity contribution in [3.05, 3.63) is 40.6 Å². The van der Waals surface area contributed by atoms with Crippen LogP contribution in [0.5, 0.6) is 5.75 Å². The van der Waals surface area contributed by atoms with Crippen LogP contribution < -0.4 is 10.1 Å². The predicted molar refractivity (Wildman–Crippen MR) is 145 cm³/mol. The molecule has 9 nitrogen and oxygen atoms in total. The van der Waals surface area contributed by atoms with Crippen molar-refractivity contribution in [2.45, 2.75) is 79.2 Å². The number of ether oxygens (including phenoxy) is 3. The van der Waals surface area contributed by atoms with Crippen molar-refractivity contribution in [1.29, 1.82) is 0 Å². The van der Waals surface area contributed by atoms with Gasteiger partial charge in [0.25, 0.3) is 0 Å². The van der Waals surface area contributed by atoms with Gasteiger partial charge in [-0.2, -0.15) is 0 Å². The first kappa shape index (κ1) is 31.1. The standard InChI is InChI=1S/C24H34N2O6.C5H10O/c1-5-19(25-17(4)27)11-13-31-22-8-6-18(7-9-23(28)29)21-14-26(12-10-20(21)22)24(30)32-15-16(2)3;1-2-4-6-5-3-1/h5-6,8,16H,7,9-15H2,1-4H3,(H,25,27)(H,28,29);1-5H2/b19-5+;. The summed E-state index contributed by atoms with van der Waals surface area (Å²) >= 11 is 0. The van der Waals surface area contributed by atoms with Crippen molar-refractivity contribution >= 4 is 18.0 Å². The highest BCUT2D eigenvalue weighted by atomic mass is 16.6. The van der Waals surface area contributed by atoms with Gasteiger partial charge in [-0.25, -0.2) is 4.79 Å². The van der Waals surface area contributed by atoms with Gasteiger partial charge in [0.2, 0.25) is 5.91 Å². The highest BCUT2D eigenvalue weighted by Gasteiger charge is 2.26. The second kappa shape index (κ2) is 16.7. The minimum atomic E-state index is -0.861. The van der Waals surface area contributed by atoms with Gasteiger partial charge in [-0.15, -0.1) is 0 Å². The van der Waals surface area contributed by atoms with Gasteiger partial charge < -0.3 is 29.5 Å². The van der Waals surface area contributed by atoms with Crippen LogP contribution in [0.3, 0.4) is 0 Å². The van der Waals surface area contributed by atoms with E-state index in [1.54, 1.807) is 4.90 Å². The lowest BCUT2D eigenvalue weighted by Crippen LogP contribution is -2.37. The van der Waals surface area contributed by atoms with E-state index in [2.05, 4.69) is 5.32 Å². The van der Waals surface area contributed by atoms with Crippen molar-refractivity contribution in [3.8, 4) is 5.75 Å². The number of carboxylic acid groups (broad SMARTS) is 1. The largest absolute Gasteiger partial charge is 0.493 e. The highest BCUT2D eigenvalue weighted by molar-refractivity contribution is 5.74. The van der Waals surface area contributed by atoms with E-state index in [1.807, 2.05) is 39.0 Å². The van der Waals surface area contributed by atoms with Gasteiger partial charge in [0.15, 0.2) is 0 Å². The molecule has 9 heteroatoms. The molecule has 0 radical (unpaired) electrons. The van der Waals surface area contributed by atoms with Gasteiger partial charge in [-0.1, -0.05) is 26.0 Å². The Balaban J connectivity index is 0.000000739. The quantitative estimate of drug-likeness (QED) is 0.443. The molecule has 2 N–H and O–H groups in total. The minimum Gasteiger partial charge on any atom is -0.493 e. The van der Waals surface area contributed by atoms with Crippen molar-refractivity contribution in [2.24, 2.45) is 5.92 Å². The first-order valence-corrected chi connectivity index (χ1v) is 13.6. The zero-order chi connectivity index (χ0) is 27.9. The minimum absolute atomic E-state index is 0.0197. The second-order valence-corrected chi connectivity index (χ2v) is 9.98. The lowest BCUT2D eigenvalue weighted by molar-refractivity contribution is -0.137. The summed E-state index contributed by atoms with van der Waals surface area (Å²) in [4.78, 5) is 36.5. The zero-order valence-corrected chi connectivity index (χ0v) is 23.3. The number of aliphatic carboxylic acids is 1. The Morgan fingerprint density at radius 3 is 2.42 bits per heavy atom. The number of aryl methyl sites for hydroxylation is 1. The summed E-state index contributed by atoms with van der Waals surface area (Å²) in [5.74, 6) is -0.00286. The number of hydrogen-bond donors (Lipinski definition) is 2. The van der Waals surface area contributed by atoms with E-state index >= 15 is 0 Å². The summed E-state index contributed by atoms with van der Waals surface area (Å²) in [7, 11) is 0. The molecule has 1 fully saturated rings. The number of carbonyl (C=O) groups is 3. The highest BCUT2D eigenvalue weighted by Crippen LogP contribution is 2.32. The monoisotopic (exact) mass is 532 g/mol. The molecule has 0 spiro atoms. The summed E-state index contributed by atoms with van der Waals surface area (Å²) in [6.45, 7) is 10.9. The Labute approximate surface area is 226 Å². The Hall–Kier alpha value is -3.07. The van der Waals surface area contributed by atoms with E-state index in [0.717, 1.165) is 41.4 Å². The Kier molecular flexibility index (Phi) is 13.7. The van der Waals surface area contributed by atoms with E-state index in [4.69, 9.17) is 19.3 Å². The normalized spacial score (nSPS) is 15.2. The predicted octanol–water partition coefficient (Wildman–Crippen LogP) is 4.85. The number of nitrogens with one attached hydrogen (secondary N) is 1. The summed E-state index contributed by atoms with van der Waals surface area (Å²) in [6.07, 6.45) is 6.98. The van der Waals surface area contributed by atoms with Crippen LogP contribution in [0, 0.1) is 5.92 Å². The molecule has 3 rings (SSSR count). The number of fused-ring (bicyclic) bond motifs is 1. The third-order valence-corrected chi connectivity index (χ3v) is 6.26. The Bertz CT molecular complexity index is 943. The molecule has 2 aliphatic rings. The van der Waals surface area contributed by atoms with Gasteiger partial charge in [-0.05, 0) is 62.1 Å². The summed E-state index contributed by atoms with van der Waals surface area (Å²) in [5.41, 5.74) is 3.64. The maximum Gasteiger partial charge on any atom is 0.410 e. The first-order chi connectivity index (χ1) is 18.2. The Morgan fingerprint density at radius 1 is 1.13 bits per heavy atom. The average Bonchev–Trinajstić information content (AvgIpc) is 2.91. The molecule has 0 unspecified atom stereocenters. The molecule has 2 heterocycles. The lowest BCUT2D eigenvalue weighted by Gasteiger charge is -2.31. The van der Waals surface area contributed by atoms with E-state index in [-0.39, 0.29) is 24.3 Å². The fraction of sp³-hybridized carbons (Fsp3) is 0.621. The van der Waals surface area contributed by atoms with Crippen molar-refractivity contribution in [3.63, 3.8) is 0 Å². The lowest BCUT2D eigenvalue weighted by atomic mass is 9.92. The van der Waals surface area contributed by atoms with Crippen molar-refractivity contribution in [2.75, 3.05) is 33.0 Å². The molecular weight excluding hydrogens is 488 g/mol. The first-order valence-electron chi connectivity index (χ1n) is 13.6. The average molecular weight is 533 g/mol. The molecule has 1 aromatic rings. The van der Waals surface area contributed by atoms with Crippen LogP contribution >= 0.6 is 0 Å². The van der Waals surface area contributed by atoms with E-state index in [9.17, 15) is 14.4 Å². The Morgan fingerprint density at radius 2 is 1.87 bits per heavy atom. The van der Waals surface area contributed by atoms with Crippen LogP contribution in [-0.2, 0) is 38.4 Å². The number of rotatable bonds is 10. The van der Waals surface area contributed by atoms with Gasteiger partial charge in [-0.3, -0.25) is 9.59 Å². The molecule has 0 bridgehead atoms. The molecule has 0 aromatic heterocycles. The summed E-state index contributed by atoms with van der Waals surface area (Å²) in [6, 6.07) is 3.75. The van der Waals surface area contributed by atoms with Crippen LogP contribution in [0.2, 0.25) is 0 Å². The molecule has 2 amide bonds. The van der Waals surface area contributed by atoms with E-state index < -0.39 is 5.97 Å². The molecule has 1 saturated heterocycles. The second-order valence-electron chi connectivity index (χ2n) is 9.98. The molecule has 2 aliphatic heterocycles. The SMILES string of the molecule is C/C=C(\CCOc1ccc(CCC(=O)O)c2c1CCN(C(=O)OCC(C)C)C2)NC(C)=O.C1CCOCC1. The number of carboxylic acids is 1. The number of nitrogens with zero attached hydrogens (tertiary/aromatic N) is 1. The molecule has 0 saturated carbocycles. The van der Waals surface area contributed by atoms with Crippen LogP contribution in [-0.4, -0.2) is 60.9 Å². The molecule has 1 aromatic carbocycles. The van der Waals surface area contributed by atoms with Gasteiger partial charge in [0, 0.05) is 57.3 Å². The third-order valence-electron chi connectivity index (χ3n) is 6.26. The van der Waals surface area contributed by atoms with Crippen molar-refractivity contribution in [1.82, 2.24) is 10.2 Å². The molecule has 0 atom stereocenters. The van der Waals surface area contributed by atoms with Crippen LogP contribution in [0.1, 0.15) is 76.5 Å². The van der Waals surface area contributed by atoms with Crippen molar-refractivity contribution < 1.29 is 33.7 Å². The van der Waals surface area contributed by atoms with Gasteiger partial charge in [0.05, 0.1) is 13.2 Å². The third kappa shape index (κ3) is 11.1. The number of carbonyl (C=O) groups excluding carboxylic acids is 2. The van der Waals surface area contributed by atoms with E-state index in [1.165, 1.54) is 26.2 Å². The van der Waals surface area contributed by atoms with Gasteiger partial charge >= 0.3 is 12.1 Å². The maximum atomic E-state index is 12.5. The molecule has 38 heavy (non-hydrogen) atoms. The number of hydrogen-bond acceptors (Lipinski definition) is 6. The maximum absolute atomic E-state index is 12.5.